The number of methoxy groups -OCH3 is 1. The van der Waals surface area contributed by atoms with E-state index in [4.69, 9.17) is 4.74 Å². The molecule has 1 amide bonds. The molecule has 1 N–H and O–H groups in total. The summed E-state index contributed by atoms with van der Waals surface area (Å²) in [5.41, 5.74) is 3.00. The van der Waals surface area contributed by atoms with Gasteiger partial charge in [-0.3, -0.25) is 9.78 Å². The number of carbonyl (C=O) groups excluding carboxylic acids is 2. The second kappa shape index (κ2) is 8.20. The fourth-order valence-corrected chi connectivity index (χ4v) is 2.67. The van der Waals surface area contributed by atoms with Gasteiger partial charge < -0.3 is 10.1 Å². The summed E-state index contributed by atoms with van der Waals surface area (Å²) in [7, 11) is 1.30. The maximum atomic E-state index is 12.3. The third kappa shape index (κ3) is 4.42. The predicted octanol–water partition coefficient (Wildman–Crippen LogP) is 2.07. The standard InChI is InChI=1S/C20H19N3O3/c1-26-20(25)18(23-19(24)11-14-7-3-2-4-8-14)12-15-13-21-16-9-5-6-10-17(16)22-15/h2-10,13,18H,11-12H2,1H3,(H,23,24)/t18-/m0/s1. The van der Waals surface area contributed by atoms with E-state index in [0.29, 0.717) is 5.69 Å². The molecule has 1 aromatic heterocycles. The molecule has 3 rings (SSSR count). The second-order valence-corrected chi connectivity index (χ2v) is 5.86. The monoisotopic (exact) mass is 349 g/mol. The fraction of sp³-hybridized carbons (Fsp3) is 0.200. The first-order valence-corrected chi connectivity index (χ1v) is 8.27. The van der Waals surface area contributed by atoms with Crippen LogP contribution in [0.1, 0.15) is 11.3 Å². The van der Waals surface area contributed by atoms with E-state index in [1.807, 2.05) is 54.6 Å². The number of nitrogens with one attached hydrogen (secondary N) is 1. The molecule has 0 saturated carbocycles. The van der Waals surface area contributed by atoms with Gasteiger partial charge in [0.05, 0.1) is 30.3 Å². The molecule has 1 atom stereocenters. The number of hydrogen-bond acceptors (Lipinski definition) is 5. The van der Waals surface area contributed by atoms with Crippen LogP contribution in [0.3, 0.4) is 0 Å². The number of hydrogen-bond donors (Lipinski definition) is 1. The third-order valence-electron chi connectivity index (χ3n) is 3.94. The molecule has 0 aliphatic carbocycles. The van der Waals surface area contributed by atoms with E-state index in [1.54, 1.807) is 6.20 Å². The number of esters is 1. The molecule has 0 saturated heterocycles. The summed E-state index contributed by atoms with van der Waals surface area (Å²) >= 11 is 0. The number of benzene rings is 2. The first kappa shape index (κ1) is 17.5. The van der Waals surface area contributed by atoms with Crippen LogP contribution < -0.4 is 5.32 Å². The molecule has 6 heteroatoms. The van der Waals surface area contributed by atoms with Crippen molar-refractivity contribution in [3.05, 3.63) is 72.1 Å². The molecule has 0 spiro atoms. The lowest BCUT2D eigenvalue weighted by molar-refractivity contribution is -0.145. The van der Waals surface area contributed by atoms with Crippen LogP contribution in [0.15, 0.2) is 60.8 Å². The van der Waals surface area contributed by atoms with Gasteiger partial charge in [0.2, 0.25) is 5.91 Å². The van der Waals surface area contributed by atoms with Crippen molar-refractivity contribution in [2.45, 2.75) is 18.9 Å². The molecule has 0 fully saturated rings. The number of fused-ring (bicyclic) bond motifs is 1. The van der Waals surface area contributed by atoms with Crippen molar-refractivity contribution >= 4 is 22.9 Å². The van der Waals surface area contributed by atoms with E-state index in [0.717, 1.165) is 16.6 Å². The van der Waals surface area contributed by atoms with Crippen molar-refractivity contribution < 1.29 is 14.3 Å². The highest BCUT2D eigenvalue weighted by molar-refractivity contribution is 5.85. The summed E-state index contributed by atoms with van der Waals surface area (Å²) < 4.78 is 4.82. The maximum absolute atomic E-state index is 12.3. The molecule has 26 heavy (non-hydrogen) atoms. The van der Waals surface area contributed by atoms with Gasteiger partial charge in [-0.25, -0.2) is 9.78 Å². The number of aromatic nitrogens is 2. The fourth-order valence-electron chi connectivity index (χ4n) is 2.67. The molecular weight excluding hydrogens is 330 g/mol. The Hall–Kier alpha value is -3.28. The first-order valence-electron chi connectivity index (χ1n) is 8.27. The average Bonchev–Trinajstić information content (AvgIpc) is 2.67. The summed E-state index contributed by atoms with van der Waals surface area (Å²) in [6.07, 6.45) is 2.02. The van der Waals surface area contributed by atoms with Crippen LogP contribution in [-0.2, 0) is 27.2 Å². The van der Waals surface area contributed by atoms with Gasteiger partial charge in [-0.15, -0.1) is 0 Å². The van der Waals surface area contributed by atoms with Crippen LogP contribution in [0.2, 0.25) is 0 Å². The largest absolute Gasteiger partial charge is 0.467 e. The zero-order valence-corrected chi connectivity index (χ0v) is 14.4. The van der Waals surface area contributed by atoms with Crippen molar-refractivity contribution in [1.82, 2.24) is 15.3 Å². The topological polar surface area (TPSA) is 81.2 Å². The summed E-state index contributed by atoms with van der Waals surface area (Å²) in [6, 6.07) is 16.0. The lowest BCUT2D eigenvalue weighted by atomic mass is 10.1. The van der Waals surface area contributed by atoms with Crippen LogP contribution in [-0.4, -0.2) is 35.0 Å². The van der Waals surface area contributed by atoms with Gasteiger partial charge in [0, 0.05) is 12.6 Å². The van der Waals surface area contributed by atoms with E-state index in [-0.39, 0.29) is 18.7 Å². The molecule has 2 aromatic carbocycles. The normalized spacial score (nSPS) is 11.7. The van der Waals surface area contributed by atoms with Gasteiger partial charge >= 0.3 is 5.97 Å². The molecule has 0 bridgehead atoms. The van der Waals surface area contributed by atoms with Crippen LogP contribution >= 0.6 is 0 Å². The minimum atomic E-state index is -0.813. The highest BCUT2D eigenvalue weighted by atomic mass is 16.5. The lowest BCUT2D eigenvalue weighted by Gasteiger charge is -2.16. The molecular formula is C20H19N3O3. The van der Waals surface area contributed by atoms with Crippen LogP contribution in [0.4, 0.5) is 0 Å². The second-order valence-electron chi connectivity index (χ2n) is 5.86. The Balaban J connectivity index is 1.72. The minimum Gasteiger partial charge on any atom is -0.467 e. The Bertz CT molecular complexity index is 912. The molecule has 0 aliphatic heterocycles. The zero-order valence-electron chi connectivity index (χ0n) is 14.4. The van der Waals surface area contributed by atoms with Crippen molar-refractivity contribution in [3.63, 3.8) is 0 Å². The number of ether oxygens (including phenoxy) is 1. The Labute approximate surface area is 151 Å². The zero-order chi connectivity index (χ0) is 18.4. The molecule has 0 aliphatic rings. The first-order chi connectivity index (χ1) is 12.7. The van der Waals surface area contributed by atoms with Gasteiger partial charge in [-0.05, 0) is 17.7 Å². The van der Waals surface area contributed by atoms with Crippen molar-refractivity contribution in [1.29, 1.82) is 0 Å². The molecule has 0 radical (unpaired) electrons. The Morgan fingerprint density at radius 2 is 1.73 bits per heavy atom. The number of rotatable bonds is 6. The highest BCUT2D eigenvalue weighted by Gasteiger charge is 2.23. The summed E-state index contributed by atoms with van der Waals surface area (Å²) in [6.45, 7) is 0. The van der Waals surface area contributed by atoms with Crippen molar-refractivity contribution in [2.75, 3.05) is 7.11 Å². The SMILES string of the molecule is COC(=O)[C@H](Cc1cnc2ccccc2n1)NC(=O)Cc1ccccc1. The minimum absolute atomic E-state index is 0.192. The summed E-state index contributed by atoms with van der Waals surface area (Å²) in [5.74, 6) is -0.762. The van der Waals surface area contributed by atoms with Crippen molar-refractivity contribution in [2.24, 2.45) is 0 Å². The smallest absolute Gasteiger partial charge is 0.328 e. The lowest BCUT2D eigenvalue weighted by Crippen LogP contribution is -2.43. The molecule has 132 valence electrons. The maximum Gasteiger partial charge on any atom is 0.328 e. The van der Waals surface area contributed by atoms with Crippen LogP contribution in [0.5, 0.6) is 0 Å². The van der Waals surface area contributed by atoms with Gasteiger partial charge in [-0.2, -0.15) is 0 Å². The predicted molar refractivity (Wildman–Crippen MR) is 97.3 cm³/mol. The number of nitrogens with zero attached hydrogens (tertiary/aromatic N) is 2. The van der Waals surface area contributed by atoms with Crippen LogP contribution in [0.25, 0.3) is 11.0 Å². The van der Waals surface area contributed by atoms with Gasteiger partial charge in [0.25, 0.3) is 0 Å². The average molecular weight is 349 g/mol. The van der Waals surface area contributed by atoms with Crippen molar-refractivity contribution in [3.8, 4) is 0 Å². The third-order valence-corrected chi connectivity index (χ3v) is 3.94. The van der Waals surface area contributed by atoms with E-state index in [1.165, 1.54) is 7.11 Å². The summed E-state index contributed by atoms with van der Waals surface area (Å²) in [5, 5.41) is 2.73. The van der Waals surface area contributed by atoms with Gasteiger partial charge in [0.15, 0.2) is 0 Å². The number of carbonyl (C=O) groups is 2. The molecule has 1 heterocycles. The Kier molecular flexibility index (Phi) is 5.53. The van der Waals surface area contributed by atoms with Gasteiger partial charge in [-0.1, -0.05) is 42.5 Å². The molecule has 6 nitrogen and oxygen atoms in total. The Morgan fingerprint density at radius 1 is 1.04 bits per heavy atom. The van der Waals surface area contributed by atoms with Gasteiger partial charge in [0.1, 0.15) is 6.04 Å². The van der Waals surface area contributed by atoms with E-state index in [9.17, 15) is 9.59 Å². The number of amides is 1. The van der Waals surface area contributed by atoms with Crippen LogP contribution in [0, 0.1) is 0 Å². The Morgan fingerprint density at radius 3 is 2.46 bits per heavy atom. The van der Waals surface area contributed by atoms with E-state index < -0.39 is 12.0 Å². The number of para-hydroxylation sites is 2. The quantitative estimate of drug-likeness (QED) is 0.689. The summed E-state index contributed by atoms with van der Waals surface area (Å²) in [4.78, 5) is 33.2. The van der Waals surface area contributed by atoms with E-state index in [2.05, 4.69) is 15.3 Å². The van der Waals surface area contributed by atoms with E-state index >= 15 is 0 Å². The highest BCUT2D eigenvalue weighted by Crippen LogP contribution is 2.10. The molecule has 0 unspecified atom stereocenters. The molecule has 3 aromatic rings.